The van der Waals surface area contributed by atoms with Gasteiger partial charge in [-0.3, -0.25) is 4.79 Å². The van der Waals surface area contributed by atoms with Crippen molar-refractivity contribution in [1.29, 1.82) is 0 Å². The summed E-state index contributed by atoms with van der Waals surface area (Å²) in [6.07, 6.45) is 3.42. The molecule has 1 aliphatic rings. The van der Waals surface area contributed by atoms with Gasteiger partial charge in [0, 0.05) is 17.6 Å². The maximum Gasteiger partial charge on any atom is 0.255 e. The zero-order chi connectivity index (χ0) is 14.1. The van der Waals surface area contributed by atoms with Crippen molar-refractivity contribution in [1.82, 2.24) is 9.88 Å². The second kappa shape index (κ2) is 5.54. The first-order chi connectivity index (χ1) is 9.70. The topological polar surface area (TPSA) is 33.2 Å². The second-order valence-corrected chi connectivity index (χ2v) is 6.23. The number of rotatable bonds is 2. The molecule has 1 aliphatic heterocycles. The number of amides is 1. The monoisotopic (exact) mass is 306 g/mol. The Morgan fingerprint density at radius 1 is 1.50 bits per heavy atom. The fraction of sp³-hybridized carbons (Fsp3) is 0.333. The van der Waals surface area contributed by atoms with Crippen LogP contribution in [0.1, 0.15) is 40.2 Å². The first-order valence-corrected chi connectivity index (χ1v) is 7.95. The Hall–Kier alpha value is -1.39. The molecule has 104 valence electrons. The van der Waals surface area contributed by atoms with E-state index in [-0.39, 0.29) is 11.9 Å². The fourth-order valence-corrected chi connectivity index (χ4v) is 3.79. The lowest BCUT2D eigenvalue weighted by Gasteiger charge is -2.35. The number of carbonyl (C=O) groups excluding carboxylic acids is 1. The molecule has 1 atom stereocenters. The SMILES string of the molecule is CCC1c2ccsc2CCN1C(=O)c1ccc(Cl)nc1. The van der Waals surface area contributed by atoms with Gasteiger partial charge in [0.15, 0.2) is 0 Å². The minimum absolute atomic E-state index is 0.0397. The number of hydrogen-bond donors (Lipinski definition) is 0. The lowest BCUT2D eigenvalue weighted by molar-refractivity contribution is 0.0657. The minimum Gasteiger partial charge on any atom is -0.331 e. The molecule has 20 heavy (non-hydrogen) atoms. The van der Waals surface area contributed by atoms with Crippen molar-refractivity contribution < 1.29 is 4.79 Å². The largest absolute Gasteiger partial charge is 0.331 e. The van der Waals surface area contributed by atoms with Gasteiger partial charge in [0.25, 0.3) is 5.91 Å². The molecule has 2 aromatic heterocycles. The second-order valence-electron chi connectivity index (χ2n) is 4.84. The van der Waals surface area contributed by atoms with Crippen LogP contribution in [-0.2, 0) is 6.42 Å². The van der Waals surface area contributed by atoms with Gasteiger partial charge in [-0.05, 0) is 42.0 Å². The van der Waals surface area contributed by atoms with Gasteiger partial charge in [0.2, 0.25) is 0 Å². The number of pyridine rings is 1. The van der Waals surface area contributed by atoms with Crippen LogP contribution in [0.2, 0.25) is 5.15 Å². The van der Waals surface area contributed by atoms with Crippen molar-refractivity contribution in [3.63, 3.8) is 0 Å². The zero-order valence-electron chi connectivity index (χ0n) is 11.2. The number of hydrogen-bond acceptors (Lipinski definition) is 3. The van der Waals surface area contributed by atoms with Crippen molar-refractivity contribution in [2.45, 2.75) is 25.8 Å². The molecular weight excluding hydrogens is 292 g/mol. The molecule has 1 unspecified atom stereocenters. The van der Waals surface area contributed by atoms with E-state index in [4.69, 9.17) is 11.6 Å². The van der Waals surface area contributed by atoms with Crippen molar-refractivity contribution >= 4 is 28.8 Å². The third kappa shape index (κ3) is 2.34. The van der Waals surface area contributed by atoms with Crippen molar-refractivity contribution in [3.8, 4) is 0 Å². The summed E-state index contributed by atoms with van der Waals surface area (Å²) in [5.74, 6) is 0.0397. The van der Waals surface area contributed by atoms with E-state index in [1.807, 2.05) is 4.90 Å². The Labute approximate surface area is 127 Å². The molecule has 3 heterocycles. The Kier molecular flexibility index (Phi) is 3.76. The summed E-state index contributed by atoms with van der Waals surface area (Å²) in [5.41, 5.74) is 1.91. The first-order valence-electron chi connectivity index (χ1n) is 6.69. The van der Waals surface area contributed by atoms with Crippen molar-refractivity contribution in [2.75, 3.05) is 6.54 Å². The normalized spacial score (nSPS) is 17.9. The van der Waals surface area contributed by atoms with E-state index < -0.39 is 0 Å². The van der Waals surface area contributed by atoms with Crippen LogP contribution < -0.4 is 0 Å². The number of halogens is 1. The maximum atomic E-state index is 12.7. The average Bonchev–Trinajstić information content (AvgIpc) is 2.94. The van der Waals surface area contributed by atoms with Crippen LogP contribution in [0.5, 0.6) is 0 Å². The molecule has 0 spiro atoms. The molecule has 0 fully saturated rings. The molecule has 0 N–H and O–H groups in total. The lowest BCUT2D eigenvalue weighted by atomic mass is 9.97. The summed E-state index contributed by atoms with van der Waals surface area (Å²) in [6.45, 7) is 2.89. The number of aromatic nitrogens is 1. The quantitative estimate of drug-likeness (QED) is 0.787. The van der Waals surface area contributed by atoms with E-state index in [1.54, 1.807) is 29.7 Å². The van der Waals surface area contributed by atoms with Gasteiger partial charge in [-0.25, -0.2) is 4.98 Å². The van der Waals surface area contributed by atoms with E-state index in [9.17, 15) is 4.79 Å². The third-order valence-corrected chi connectivity index (χ3v) is 4.94. The van der Waals surface area contributed by atoms with E-state index in [2.05, 4.69) is 23.4 Å². The Morgan fingerprint density at radius 2 is 2.35 bits per heavy atom. The average molecular weight is 307 g/mol. The highest BCUT2D eigenvalue weighted by atomic mass is 35.5. The predicted octanol–water partition coefficient (Wildman–Crippen LogP) is 3.95. The van der Waals surface area contributed by atoms with Gasteiger partial charge >= 0.3 is 0 Å². The van der Waals surface area contributed by atoms with Gasteiger partial charge < -0.3 is 4.90 Å². The molecule has 2 aromatic rings. The standard InChI is InChI=1S/C15H15ClN2OS/c1-2-12-11-6-8-20-13(11)5-7-18(12)15(19)10-3-4-14(16)17-9-10/h3-4,6,8-9,12H,2,5,7H2,1H3. The Morgan fingerprint density at radius 3 is 3.05 bits per heavy atom. The Balaban J connectivity index is 1.90. The molecule has 0 saturated heterocycles. The highest BCUT2D eigenvalue weighted by Gasteiger charge is 2.30. The molecule has 0 radical (unpaired) electrons. The molecule has 0 saturated carbocycles. The van der Waals surface area contributed by atoms with Gasteiger partial charge in [-0.2, -0.15) is 0 Å². The van der Waals surface area contributed by atoms with Gasteiger partial charge in [0.1, 0.15) is 5.15 Å². The van der Waals surface area contributed by atoms with E-state index in [0.29, 0.717) is 10.7 Å². The number of carbonyl (C=O) groups is 1. The van der Waals surface area contributed by atoms with Crippen LogP contribution in [-0.4, -0.2) is 22.3 Å². The predicted molar refractivity (Wildman–Crippen MR) is 81.3 cm³/mol. The van der Waals surface area contributed by atoms with Gasteiger partial charge in [-0.15, -0.1) is 11.3 Å². The van der Waals surface area contributed by atoms with Crippen LogP contribution >= 0.6 is 22.9 Å². The van der Waals surface area contributed by atoms with Gasteiger partial charge in [-0.1, -0.05) is 18.5 Å². The van der Waals surface area contributed by atoms with Crippen LogP contribution in [0.25, 0.3) is 0 Å². The van der Waals surface area contributed by atoms with Crippen LogP contribution in [0.15, 0.2) is 29.8 Å². The molecular formula is C15H15ClN2OS. The fourth-order valence-electron chi connectivity index (χ4n) is 2.75. The number of thiophene rings is 1. The molecule has 3 rings (SSSR count). The van der Waals surface area contributed by atoms with E-state index in [1.165, 1.54) is 10.4 Å². The molecule has 0 bridgehead atoms. The highest BCUT2D eigenvalue weighted by molar-refractivity contribution is 7.10. The molecule has 0 aliphatic carbocycles. The van der Waals surface area contributed by atoms with E-state index in [0.717, 1.165) is 19.4 Å². The summed E-state index contributed by atoms with van der Waals surface area (Å²) in [5, 5.41) is 2.53. The smallest absolute Gasteiger partial charge is 0.255 e. The summed E-state index contributed by atoms with van der Waals surface area (Å²) in [4.78, 5) is 20.0. The highest BCUT2D eigenvalue weighted by Crippen LogP contribution is 2.35. The summed E-state index contributed by atoms with van der Waals surface area (Å²) in [7, 11) is 0. The minimum atomic E-state index is 0.0397. The lowest BCUT2D eigenvalue weighted by Crippen LogP contribution is -2.39. The number of nitrogens with zero attached hydrogens (tertiary/aromatic N) is 2. The Bertz CT molecular complexity index is 623. The molecule has 5 heteroatoms. The maximum absolute atomic E-state index is 12.7. The first kappa shape index (κ1) is 13.6. The summed E-state index contributed by atoms with van der Waals surface area (Å²) >= 11 is 7.56. The molecule has 1 amide bonds. The van der Waals surface area contributed by atoms with Crippen molar-refractivity contribution in [2.24, 2.45) is 0 Å². The summed E-state index contributed by atoms with van der Waals surface area (Å²) in [6, 6.07) is 5.73. The van der Waals surface area contributed by atoms with Gasteiger partial charge in [0.05, 0.1) is 11.6 Å². The number of fused-ring (bicyclic) bond motifs is 1. The zero-order valence-corrected chi connectivity index (χ0v) is 12.7. The van der Waals surface area contributed by atoms with Crippen LogP contribution in [0.3, 0.4) is 0 Å². The third-order valence-electron chi connectivity index (χ3n) is 3.72. The molecule has 0 aromatic carbocycles. The van der Waals surface area contributed by atoms with Crippen molar-refractivity contribution in [3.05, 3.63) is 50.9 Å². The van der Waals surface area contributed by atoms with Crippen LogP contribution in [0.4, 0.5) is 0 Å². The van der Waals surface area contributed by atoms with Crippen LogP contribution in [0, 0.1) is 0 Å². The molecule has 3 nitrogen and oxygen atoms in total. The summed E-state index contributed by atoms with van der Waals surface area (Å²) < 4.78 is 0. The van der Waals surface area contributed by atoms with E-state index >= 15 is 0 Å².